The Hall–Kier alpha value is -2.32. The zero-order valence-corrected chi connectivity index (χ0v) is 15.4. The molecule has 25 heavy (non-hydrogen) atoms. The Kier molecular flexibility index (Phi) is 4.82. The van der Waals surface area contributed by atoms with E-state index < -0.39 is 10.0 Å². The maximum atomic E-state index is 12.5. The van der Waals surface area contributed by atoms with E-state index in [1.165, 1.54) is 6.20 Å². The van der Waals surface area contributed by atoms with E-state index in [0.29, 0.717) is 23.8 Å². The second-order valence-electron chi connectivity index (χ2n) is 5.51. The van der Waals surface area contributed by atoms with E-state index >= 15 is 0 Å². The molecule has 0 radical (unpaired) electrons. The molecule has 0 atom stereocenters. The molecule has 2 heterocycles. The van der Waals surface area contributed by atoms with E-state index in [9.17, 15) is 8.42 Å². The molecule has 0 unspecified atom stereocenters. The Bertz CT molecular complexity index is 994. The predicted molar refractivity (Wildman–Crippen MR) is 96.2 cm³/mol. The molecule has 2 aromatic heterocycles. The van der Waals surface area contributed by atoms with E-state index in [2.05, 4.69) is 14.9 Å². The van der Waals surface area contributed by atoms with Crippen LogP contribution < -0.4 is 4.72 Å². The summed E-state index contributed by atoms with van der Waals surface area (Å²) in [6.07, 6.45) is 3.05. The lowest BCUT2D eigenvalue weighted by Crippen LogP contribution is -2.15. The van der Waals surface area contributed by atoms with Crippen LogP contribution in [0.1, 0.15) is 18.2 Å². The van der Waals surface area contributed by atoms with Gasteiger partial charge in [0.15, 0.2) is 5.82 Å². The first-order valence-corrected chi connectivity index (χ1v) is 9.59. The van der Waals surface area contributed by atoms with E-state index in [1.54, 1.807) is 34.6 Å². The van der Waals surface area contributed by atoms with Gasteiger partial charge in [-0.1, -0.05) is 29.8 Å². The molecule has 0 aliphatic heterocycles. The minimum Gasteiger partial charge on any atom is -0.269 e. The number of anilines is 1. The van der Waals surface area contributed by atoms with Gasteiger partial charge in [-0.25, -0.2) is 8.42 Å². The molecule has 3 aromatic rings. The lowest BCUT2D eigenvalue weighted by Gasteiger charge is -2.06. The minimum absolute atomic E-state index is 0.148. The molecule has 9 heteroatoms. The van der Waals surface area contributed by atoms with Crippen LogP contribution in [0, 0.1) is 6.92 Å². The molecular formula is C16H18ClN5O2S. The molecule has 0 aliphatic carbocycles. The number of sulfonamides is 1. The fraction of sp³-hybridized carbons (Fsp3) is 0.250. The second-order valence-corrected chi connectivity index (χ2v) is 7.56. The smallest absolute Gasteiger partial charge is 0.266 e. The van der Waals surface area contributed by atoms with Gasteiger partial charge in [0.25, 0.3) is 10.0 Å². The summed E-state index contributed by atoms with van der Waals surface area (Å²) in [4.78, 5) is 0.148. The molecule has 3 rings (SSSR count). The lowest BCUT2D eigenvalue weighted by atomic mass is 10.2. The first-order chi connectivity index (χ1) is 11.9. The number of rotatable bonds is 6. The summed E-state index contributed by atoms with van der Waals surface area (Å²) in [6, 6.07) is 9.05. The highest BCUT2D eigenvalue weighted by atomic mass is 35.5. The number of hydrogen-bond donors (Lipinski definition) is 1. The van der Waals surface area contributed by atoms with Crippen LogP contribution >= 0.6 is 11.6 Å². The standard InChI is InChI=1S/C16H18ClN5O2S/c1-3-22-12(2)15(10-18-22)25(23,24)20-16-8-9-21(19-16)11-13-6-4-5-7-14(13)17/h4-10H,3,11H2,1-2H3,(H,19,20). The Morgan fingerprint density at radius 1 is 1.24 bits per heavy atom. The van der Waals surface area contributed by atoms with Crippen LogP contribution in [-0.2, 0) is 23.1 Å². The highest BCUT2D eigenvalue weighted by Crippen LogP contribution is 2.19. The first kappa shape index (κ1) is 17.5. The number of benzene rings is 1. The zero-order chi connectivity index (χ0) is 18.0. The molecule has 0 aliphatic rings. The summed E-state index contributed by atoms with van der Waals surface area (Å²) < 4.78 is 30.8. The van der Waals surface area contributed by atoms with Crippen LogP contribution in [0.25, 0.3) is 0 Å². The summed E-state index contributed by atoms with van der Waals surface area (Å²) in [5.74, 6) is 0.246. The first-order valence-electron chi connectivity index (χ1n) is 7.73. The van der Waals surface area contributed by atoms with E-state index in [4.69, 9.17) is 11.6 Å². The molecular weight excluding hydrogens is 362 g/mol. The van der Waals surface area contributed by atoms with Gasteiger partial charge in [-0.3, -0.25) is 14.1 Å². The van der Waals surface area contributed by atoms with E-state index in [1.807, 2.05) is 25.1 Å². The normalized spacial score (nSPS) is 11.6. The average Bonchev–Trinajstić information content (AvgIpc) is 3.15. The molecule has 0 saturated heterocycles. The van der Waals surface area contributed by atoms with Gasteiger partial charge in [0.2, 0.25) is 0 Å². The third-order valence-corrected chi connectivity index (χ3v) is 5.64. The van der Waals surface area contributed by atoms with Crippen LogP contribution in [0.3, 0.4) is 0 Å². The molecule has 0 amide bonds. The summed E-state index contributed by atoms with van der Waals surface area (Å²) in [6.45, 7) is 4.68. The van der Waals surface area contributed by atoms with Gasteiger partial charge in [-0.2, -0.15) is 10.2 Å². The van der Waals surface area contributed by atoms with Crippen LogP contribution in [0.4, 0.5) is 5.82 Å². The zero-order valence-electron chi connectivity index (χ0n) is 13.8. The van der Waals surface area contributed by atoms with E-state index in [0.717, 1.165) is 5.56 Å². The quantitative estimate of drug-likeness (QED) is 0.713. The van der Waals surface area contributed by atoms with Gasteiger partial charge >= 0.3 is 0 Å². The molecule has 1 N–H and O–H groups in total. The second kappa shape index (κ2) is 6.89. The Labute approximate surface area is 151 Å². The number of aryl methyl sites for hydroxylation is 1. The molecule has 0 spiro atoms. The number of nitrogens with one attached hydrogen (secondary N) is 1. The van der Waals surface area contributed by atoms with Gasteiger partial charge < -0.3 is 0 Å². The van der Waals surface area contributed by atoms with Crippen molar-refractivity contribution in [2.75, 3.05) is 4.72 Å². The van der Waals surface area contributed by atoms with Gasteiger partial charge in [0.05, 0.1) is 18.4 Å². The number of aromatic nitrogens is 4. The van der Waals surface area contributed by atoms with Crippen molar-refractivity contribution < 1.29 is 8.42 Å². The maximum Gasteiger partial charge on any atom is 0.266 e. The number of halogens is 1. The van der Waals surface area contributed by atoms with Gasteiger partial charge in [-0.05, 0) is 25.5 Å². The number of hydrogen-bond acceptors (Lipinski definition) is 4. The van der Waals surface area contributed by atoms with Gasteiger partial charge in [-0.15, -0.1) is 0 Å². The minimum atomic E-state index is -3.74. The van der Waals surface area contributed by atoms with Crippen molar-refractivity contribution in [3.8, 4) is 0 Å². The van der Waals surface area contributed by atoms with Crippen molar-refractivity contribution in [2.45, 2.75) is 31.8 Å². The van der Waals surface area contributed by atoms with Crippen LogP contribution in [0.5, 0.6) is 0 Å². The number of nitrogens with zero attached hydrogens (tertiary/aromatic N) is 4. The fourth-order valence-electron chi connectivity index (χ4n) is 2.51. The highest BCUT2D eigenvalue weighted by Gasteiger charge is 2.21. The summed E-state index contributed by atoms with van der Waals surface area (Å²) in [7, 11) is -3.74. The van der Waals surface area contributed by atoms with Crippen LogP contribution in [0.2, 0.25) is 5.02 Å². The molecule has 7 nitrogen and oxygen atoms in total. The molecule has 0 bridgehead atoms. The summed E-state index contributed by atoms with van der Waals surface area (Å²) >= 11 is 6.14. The van der Waals surface area contributed by atoms with Crippen molar-refractivity contribution in [3.63, 3.8) is 0 Å². The lowest BCUT2D eigenvalue weighted by molar-refractivity contribution is 0.598. The van der Waals surface area contributed by atoms with Crippen molar-refractivity contribution >= 4 is 27.4 Å². The molecule has 0 saturated carbocycles. The van der Waals surface area contributed by atoms with Crippen molar-refractivity contribution in [2.24, 2.45) is 0 Å². The maximum absolute atomic E-state index is 12.5. The van der Waals surface area contributed by atoms with Crippen molar-refractivity contribution in [3.05, 3.63) is 59.0 Å². The van der Waals surface area contributed by atoms with Crippen LogP contribution in [-0.4, -0.2) is 28.0 Å². The molecule has 0 fully saturated rings. The monoisotopic (exact) mass is 379 g/mol. The third-order valence-electron chi connectivity index (χ3n) is 3.82. The van der Waals surface area contributed by atoms with E-state index in [-0.39, 0.29) is 10.7 Å². The summed E-state index contributed by atoms with van der Waals surface area (Å²) in [5, 5.41) is 8.97. The highest BCUT2D eigenvalue weighted by molar-refractivity contribution is 7.92. The third kappa shape index (κ3) is 3.69. The molecule has 1 aromatic carbocycles. The summed E-state index contributed by atoms with van der Waals surface area (Å²) in [5.41, 5.74) is 1.49. The van der Waals surface area contributed by atoms with Crippen molar-refractivity contribution in [1.82, 2.24) is 19.6 Å². The largest absolute Gasteiger partial charge is 0.269 e. The van der Waals surface area contributed by atoms with Gasteiger partial charge in [0, 0.05) is 23.8 Å². The Morgan fingerprint density at radius 3 is 2.68 bits per heavy atom. The van der Waals surface area contributed by atoms with Crippen LogP contribution in [0.15, 0.2) is 47.6 Å². The SMILES string of the molecule is CCn1ncc(S(=O)(=O)Nc2ccn(Cc3ccccc3Cl)n2)c1C. The average molecular weight is 380 g/mol. The topological polar surface area (TPSA) is 81.8 Å². The van der Waals surface area contributed by atoms with Gasteiger partial charge in [0.1, 0.15) is 4.90 Å². The Balaban J connectivity index is 1.78. The predicted octanol–water partition coefficient (Wildman–Crippen LogP) is 2.91. The van der Waals surface area contributed by atoms with Crippen molar-refractivity contribution in [1.29, 1.82) is 0 Å². The molecule has 132 valence electrons. The fourth-order valence-corrected chi connectivity index (χ4v) is 3.88. The Morgan fingerprint density at radius 2 is 2.00 bits per heavy atom.